The topological polar surface area (TPSA) is 129 Å². The average molecular weight is 617 g/mol. The zero-order valence-electron chi connectivity index (χ0n) is 26.7. The molecule has 0 unspecified atom stereocenters. The number of ether oxygens (including phenoxy) is 4. The Labute approximate surface area is 260 Å². The van der Waals surface area contributed by atoms with E-state index in [1.165, 1.54) is 7.11 Å². The summed E-state index contributed by atoms with van der Waals surface area (Å²) in [5.41, 5.74) is 7.57. The first-order valence-corrected chi connectivity index (χ1v) is 15.3. The third-order valence-electron chi connectivity index (χ3n) is 7.40. The van der Waals surface area contributed by atoms with Gasteiger partial charge in [-0.2, -0.15) is 0 Å². The summed E-state index contributed by atoms with van der Waals surface area (Å²) in [5.74, 6) is 1.39. The summed E-state index contributed by atoms with van der Waals surface area (Å²) in [6, 6.07) is 5.58. The number of amides is 1. The Hall–Kier alpha value is -2.07. The van der Waals surface area contributed by atoms with E-state index in [4.69, 9.17) is 24.7 Å². The van der Waals surface area contributed by atoms with E-state index in [9.17, 15) is 14.7 Å². The Bertz CT molecular complexity index is 871. The number of unbranched alkanes of at least 4 members (excludes halogenated alkanes) is 2. The van der Waals surface area contributed by atoms with Crippen LogP contribution >= 0.6 is 12.4 Å². The van der Waals surface area contributed by atoms with Crippen LogP contribution < -0.4 is 20.5 Å². The second-order valence-corrected chi connectivity index (χ2v) is 11.3. The molecule has 244 valence electrons. The molecule has 42 heavy (non-hydrogen) atoms. The van der Waals surface area contributed by atoms with Gasteiger partial charge in [-0.05, 0) is 68.1 Å². The first-order chi connectivity index (χ1) is 19.6. The molecular formula is C32H57ClN2O7. The number of halogens is 1. The van der Waals surface area contributed by atoms with Crippen LogP contribution in [0.1, 0.15) is 84.6 Å². The van der Waals surface area contributed by atoms with Gasteiger partial charge in [-0.15, -0.1) is 12.4 Å². The van der Waals surface area contributed by atoms with Crippen LogP contribution in [0.4, 0.5) is 0 Å². The van der Waals surface area contributed by atoms with E-state index in [1.54, 1.807) is 7.11 Å². The Balaban J connectivity index is 0.0000168. The van der Waals surface area contributed by atoms with Crippen molar-refractivity contribution in [3.63, 3.8) is 0 Å². The smallest absolute Gasteiger partial charge is 0.305 e. The molecule has 0 aliphatic carbocycles. The predicted molar refractivity (Wildman–Crippen MR) is 169 cm³/mol. The van der Waals surface area contributed by atoms with Gasteiger partial charge < -0.3 is 35.1 Å². The molecule has 1 aromatic carbocycles. The number of aliphatic hydroxyl groups is 1. The number of methoxy groups -OCH3 is 2. The van der Waals surface area contributed by atoms with Crippen molar-refractivity contribution in [3.05, 3.63) is 23.8 Å². The van der Waals surface area contributed by atoms with Gasteiger partial charge >= 0.3 is 5.97 Å². The minimum absolute atomic E-state index is 0. The van der Waals surface area contributed by atoms with Crippen molar-refractivity contribution in [1.29, 1.82) is 0 Å². The van der Waals surface area contributed by atoms with Gasteiger partial charge in [-0.3, -0.25) is 9.59 Å². The molecule has 1 aromatic rings. The fourth-order valence-corrected chi connectivity index (χ4v) is 4.56. The lowest BCUT2D eigenvalue weighted by Gasteiger charge is -2.28. The number of carbonyl (C=O) groups excluding carboxylic acids is 2. The molecule has 4 N–H and O–H groups in total. The quantitative estimate of drug-likeness (QED) is 0.115. The molecule has 9 nitrogen and oxygen atoms in total. The van der Waals surface area contributed by atoms with Gasteiger partial charge in [0, 0.05) is 45.1 Å². The summed E-state index contributed by atoms with van der Waals surface area (Å²) in [4.78, 5) is 23.7. The summed E-state index contributed by atoms with van der Waals surface area (Å²) < 4.78 is 21.9. The van der Waals surface area contributed by atoms with Gasteiger partial charge in [0.1, 0.15) is 0 Å². The number of rotatable bonds is 23. The van der Waals surface area contributed by atoms with E-state index in [0.717, 1.165) is 37.7 Å². The first-order valence-electron chi connectivity index (χ1n) is 15.3. The second kappa shape index (κ2) is 23.4. The van der Waals surface area contributed by atoms with Crippen LogP contribution in [0.3, 0.4) is 0 Å². The maximum atomic E-state index is 12.3. The zero-order chi connectivity index (χ0) is 30.6. The second-order valence-electron chi connectivity index (χ2n) is 11.3. The fraction of sp³-hybridized carbons (Fsp3) is 0.750. The van der Waals surface area contributed by atoms with Crippen LogP contribution in [0, 0.1) is 17.8 Å². The lowest BCUT2D eigenvalue weighted by molar-refractivity contribution is -0.140. The van der Waals surface area contributed by atoms with Gasteiger partial charge in [0.25, 0.3) is 0 Å². The molecule has 0 aromatic heterocycles. The maximum absolute atomic E-state index is 12.3. The number of nitrogens with two attached hydrogens (primary N) is 1. The molecule has 0 aliphatic heterocycles. The summed E-state index contributed by atoms with van der Waals surface area (Å²) in [7, 11) is 3.06. The molecule has 4 atom stereocenters. The van der Waals surface area contributed by atoms with E-state index in [0.29, 0.717) is 69.5 Å². The van der Waals surface area contributed by atoms with Gasteiger partial charge in [0.05, 0.1) is 26.4 Å². The van der Waals surface area contributed by atoms with Gasteiger partial charge in [0.15, 0.2) is 11.5 Å². The van der Waals surface area contributed by atoms with Crippen LogP contribution in [-0.4, -0.2) is 69.7 Å². The van der Waals surface area contributed by atoms with Gasteiger partial charge in [-0.25, -0.2) is 0 Å². The zero-order valence-corrected chi connectivity index (χ0v) is 27.5. The predicted octanol–water partition coefficient (Wildman–Crippen LogP) is 5.08. The molecule has 0 bridgehead atoms. The molecular weight excluding hydrogens is 560 g/mol. The van der Waals surface area contributed by atoms with Crippen LogP contribution in [0.5, 0.6) is 11.5 Å². The lowest BCUT2D eigenvalue weighted by atomic mass is 9.82. The number of hydrogen-bond acceptors (Lipinski definition) is 8. The summed E-state index contributed by atoms with van der Waals surface area (Å²) >= 11 is 0. The number of aliphatic hydroxyl groups excluding tert-OH is 1. The van der Waals surface area contributed by atoms with E-state index < -0.39 is 12.1 Å². The van der Waals surface area contributed by atoms with Crippen molar-refractivity contribution in [2.24, 2.45) is 23.5 Å². The molecule has 0 heterocycles. The Morgan fingerprint density at radius 1 is 0.952 bits per heavy atom. The van der Waals surface area contributed by atoms with E-state index >= 15 is 0 Å². The van der Waals surface area contributed by atoms with Gasteiger partial charge in [-0.1, -0.05) is 40.2 Å². The largest absolute Gasteiger partial charge is 0.490 e. The number of carbonyl (C=O) groups is 2. The normalized spacial score (nSPS) is 13.9. The van der Waals surface area contributed by atoms with Crippen LogP contribution in [0.2, 0.25) is 0 Å². The van der Waals surface area contributed by atoms with E-state index in [2.05, 4.69) is 26.1 Å². The number of benzene rings is 1. The van der Waals surface area contributed by atoms with Crippen molar-refractivity contribution in [2.45, 2.75) is 97.6 Å². The number of hydrogen-bond donors (Lipinski definition) is 3. The van der Waals surface area contributed by atoms with E-state index in [1.807, 2.05) is 25.1 Å². The monoisotopic (exact) mass is 616 g/mol. The fourth-order valence-electron chi connectivity index (χ4n) is 4.56. The molecule has 0 aliphatic rings. The highest BCUT2D eigenvalue weighted by atomic mass is 35.5. The Kier molecular flexibility index (Phi) is 22.2. The minimum atomic E-state index is -0.752. The minimum Gasteiger partial charge on any atom is -0.490 e. The molecule has 0 spiro atoms. The standard InChI is InChI=1S/C32H56N2O7.ClH/c1-7-8-15-34-32(37)24(4)19-28(35)27(33)22-26(23(2)3)20-25-13-14-29(30(21-25)41-18-11-16-38-5)40-17-10-9-12-31(36)39-6;/h13-14,21,23-24,26-28,35H,7-12,15-20,22,33H2,1-6H3,(H,34,37);1H/t24-,26+,27+,28+;/m1./s1. The Morgan fingerprint density at radius 3 is 2.29 bits per heavy atom. The molecule has 10 heteroatoms. The van der Waals surface area contributed by atoms with Crippen molar-refractivity contribution in [2.75, 3.05) is 40.6 Å². The Morgan fingerprint density at radius 2 is 1.64 bits per heavy atom. The van der Waals surface area contributed by atoms with Crippen LogP contribution in [0.25, 0.3) is 0 Å². The van der Waals surface area contributed by atoms with Crippen LogP contribution in [0.15, 0.2) is 18.2 Å². The molecule has 0 saturated heterocycles. The third-order valence-corrected chi connectivity index (χ3v) is 7.40. The highest BCUT2D eigenvalue weighted by Gasteiger charge is 2.26. The maximum Gasteiger partial charge on any atom is 0.305 e. The van der Waals surface area contributed by atoms with Crippen molar-refractivity contribution < 1.29 is 33.6 Å². The van der Waals surface area contributed by atoms with E-state index in [-0.39, 0.29) is 36.1 Å². The first kappa shape index (κ1) is 39.9. The van der Waals surface area contributed by atoms with Crippen LogP contribution in [-0.2, 0) is 25.5 Å². The summed E-state index contributed by atoms with van der Waals surface area (Å²) in [6.45, 7) is 10.5. The average Bonchev–Trinajstić information content (AvgIpc) is 2.95. The molecule has 1 rings (SSSR count). The SMILES string of the molecule is CCCCNC(=O)[C@H](C)C[C@H](O)[C@@H](N)C[C@H](Cc1ccc(OCCCCC(=O)OC)c(OCCCOC)c1)C(C)C.Cl. The molecule has 0 saturated carbocycles. The molecule has 0 radical (unpaired) electrons. The van der Waals surface area contributed by atoms with Crippen molar-refractivity contribution in [3.8, 4) is 11.5 Å². The molecule has 0 fully saturated rings. The highest BCUT2D eigenvalue weighted by molar-refractivity contribution is 5.85. The van der Waals surface area contributed by atoms with Gasteiger partial charge in [0.2, 0.25) is 5.91 Å². The molecule has 1 amide bonds. The summed E-state index contributed by atoms with van der Waals surface area (Å²) in [6.07, 6.45) is 5.54. The summed E-state index contributed by atoms with van der Waals surface area (Å²) in [5, 5.41) is 13.8. The number of nitrogens with one attached hydrogen (secondary N) is 1. The van der Waals surface area contributed by atoms with Crippen molar-refractivity contribution in [1.82, 2.24) is 5.32 Å². The highest BCUT2D eigenvalue weighted by Crippen LogP contribution is 2.32. The van der Waals surface area contributed by atoms with Crippen molar-refractivity contribution >= 4 is 24.3 Å². The number of esters is 1. The third kappa shape index (κ3) is 16.5. The lowest BCUT2D eigenvalue weighted by Crippen LogP contribution is -2.41.